The molecule has 4 rings (SSSR count). The van der Waals surface area contributed by atoms with Gasteiger partial charge in [0.15, 0.2) is 0 Å². The summed E-state index contributed by atoms with van der Waals surface area (Å²) >= 11 is 6.24. The fourth-order valence-corrected chi connectivity index (χ4v) is 3.79. The van der Waals surface area contributed by atoms with Crippen LogP contribution in [0.4, 0.5) is 15.8 Å². The van der Waals surface area contributed by atoms with Crippen molar-refractivity contribution >= 4 is 40.4 Å². The van der Waals surface area contributed by atoms with Gasteiger partial charge < -0.3 is 10.1 Å². The monoisotopic (exact) mass is 464 g/mol. The Kier molecular flexibility index (Phi) is 6.20. The number of hydrogen-bond donors (Lipinski definition) is 1. The standard InChI is InChI=1S/C26H22ClFN2O3/c1-15(2)33-18-13-11-17(12-14-18)23-24(29-21-9-6-7-19(27)16(21)3)26(32)30(25(23)31)22-10-5-4-8-20(22)28/h4-15,29H,1-3H3. The lowest BCUT2D eigenvalue weighted by Crippen LogP contribution is -2.33. The van der Waals surface area contributed by atoms with Gasteiger partial charge in [-0.1, -0.05) is 41.9 Å². The van der Waals surface area contributed by atoms with Gasteiger partial charge in [-0.05, 0) is 68.3 Å². The lowest BCUT2D eigenvalue weighted by atomic mass is 10.0. The van der Waals surface area contributed by atoms with Crippen molar-refractivity contribution in [3.8, 4) is 5.75 Å². The van der Waals surface area contributed by atoms with E-state index in [2.05, 4.69) is 5.32 Å². The highest BCUT2D eigenvalue weighted by atomic mass is 35.5. The van der Waals surface area contributed by atoms with Crippen LogP contribution in [0, 0.1) is 12.7 Å². The SMILES string of the molecule is Cc1c(Cl)cccc1NC1=C(c2ccc(OC(C)C)cc2)C(=O)N(c2ccccc2F)C1=O. The normalized spacial score (nSPS) is 13.8. The van der Waals surface area contributed by atoms with Gasteiger partial charge in [-0.15, -0.1) is 0 Å². The van der Waals surface area contributed by atoms with Gasteiger partial charge in [0.25, 0.3) is 11.8 Å². The molecule has 0 radical (unpaired) electrons. The Hall–Kier alpha value is -3.64. The molecule has 168 valence electrons. The Balaban J connectivity index is 1.82. The van der Waals surface area contributed by atoms with Gasteiger partial charge in [0.1, 0.15) is 17.3 Å². The minimum absolute atomic E-state index is 0.00987. The molecule has 0 bridgehead atoms. The largest absolute Gasteiger partial charge is 0.491 e. The molecule has 0 aliphatic carbocycles. The fraction of sp³-hybridized carbons (Fsp3) is 0.154. The number of nitrogens with zero attached hydrogens (tertiary/aromatic N) is 1. The van der Waals surface area contributed by atoms with E-state index < -0.39 is 17.6 Å². The fourth-order valence-electron chi connectivity index (χ4n) is 3.62. The number of hydrogen-bond acceptors (Lipinski definition) is 4. The van der Waals surface area contributed by atoms with Gasteiger partial charge in [0.05, 0.1) is 17.4 Å². The van der Waals surface area contributed by atoms with Crippen LogP contribution in [-0.4, -0.2) is 17.9 Å². The molecule has 33 heavy (non-hydrogen) atoms. The maximum atomic E-state index is 14.5. The average molecular weight is 465 g/mol. The summed E-state index contributed by atoms with van der Waals surface area (Å²) < 4.78 is 20.2. The second kappa shape index (κ2) is 9.08. The Morgan fingerprint density at radius 1 is 0.939 bits per heavy atom. The minimum Gasteiger partial charge on any atom is -0.491 e. The summed E-state index contributed by atoms with van der Waals surface area (Å²) in [6, 6.07) is 17.8. The Labute approximate surface area is 196 Å². The number of ether oxygens (including phenoxy) is 1. The molecule has 1 N–H and O–H groups in total. The van der Waals surface area contributed by atoms with E-state index in [0.29, 0.717) is 22.0 Å². The molecular formula is C26H22ClFN2O3. The summed E-state index contributed by atoms with van der Waals surface area (Å²) in [6.07, 6.45) is -0.00987. The molecule has 0 unspecified atom stereocenters. The smallest absolute Gasteiger partial charge is 0.282 e. The predicted molar refractivity (Wildman–Crippen MR) is 128 cm³/mol. The number of amides is 2. The number of anilines is 2. The third-order valence-electron chi connectivity index (χ3n) is 5.22. The van der Waals surface area contributed by atoms with Crippen molar-refractivity contribution in [3.63, 3.8) is 0 Å². The van der Waals surface area contributed by atoms with Crippen LogP contribution in [0.15, 0.2) is 72.4 Å². The second-order valence-corrected chi connectivity index (χ2v) is 8.28. The first-order valence-electron chi connectivity index (χ1n) is 10.4. The first-order chi connectivity index (χ1) is 15.8. The van der Waals surface area contributed by atoms with Crippen molar-refractivity contribution in [2.45, 2.75) is 26.9 Å². The molecule has 1 aliphatic rings. The summed E-state index contributed by atoms with van der Waals surface area (Å²) in [6.45, 7) is 5.63. The van der Waals surface area contributed by atoms with Gasteiger partial charge in [-0.3, -0.25) is 9.59 Å². The lowest BCUT2D eigenvalue weighted by molar-refractivity contribution is -0.120. The number of benzene rings is 3. The van der Waals surface area contributed by atoms with E-state index in [1.807, 2.05) is 13.8 Å². The van der Waals surface area contributed by atoms with Crippen molar-refractivity contribution in [1.29, 1.82) is 0 Å². The second-order valence-electron chi connectivity index (χ2n) is 7.88. The van der Waals surface area contributed by atoms with E-state index in [-0.39, 0.29) is 23.1 Å². The molecule has 1 aliphatic heterocycles. The highest BCUT2D eigenvalue weighted by molar-refractivity contribution is 6.46. The van der Waals surface area contributed by atoms with Crippen LogP contribution < -0.4 is 15.0 Å². The number of nitrogens with one attached hydrogen (secondary N) is 1. The van der Waals surface area contributed by atoms with Crippen molar-refractivity contribution < 1.29 is 18.7 Å². The van der Waals surface area contributed by atoms with Gasteiger partial charge >= 0.3 is 0 Å². The Morgan fingerprint density at radius 3 is 2.30 bits per heavy atom. The van der Waals surface area contributed by atoms with Crippen LogP contribution in [0.3, 0.4) is 0 Å². The van der Waals surface area contributed by atoms with E-state index in [9.17, 15) is 14.0 Å². The number of para-hydroxylation sites is 1. The van der Waals surface area contributed by atoms with Crippen molar-refractivity contribution in [3.05, 3.63) is 94.4 Å². The van der Waals surface area contributed by atoms with Gasteiger partial charge in [0, 0.05) is 10.7 Å². The first kappa shape index (κ1) is 22.6. The van der Waals surface area contributed by atoms with Crippen LogP contribution in [0.5, 0.6) is 5.75 Å². The highest BCUT2D eigenvalue weighted by Gasteiger charge is 2.41. The predicted octanol–water partition coefficient (Wildman–Crippen LogP) is 5.97. The van der Waals surface area contributed by atoms with Crippen LogP contribution in [-0.2, 0) is 9.59 Å². The lowest BCUT2D eigenvalue weighted by Gasteiger charge is -2.16. The van der Waals surface area contributed by atoms with E-state index in [4.69, 9.17) is 16.3 Å². The van der Waals surface area contributed by atoms with Crippen LogP contribution in [0.2, 0.25) is 5.02 Å². The average Bonchev–Trinajstić information content (AvgIpc) is 3.01. The molecule has 2 amide bonds. The molecular weight excluding hydrogens is 443 g/mol. The van der Waals surface area contributed by atoms with Crippen LogP contribution in [0.25, 0.3) is 5.57 Å². The maximum Gasteiger partial charge on any atom is 0.282 e. The summed E-state index contributed by atoms with van der Waals surface area (Å²) in [7, 11) is 0. The van der Waals surface area contributed by atoms with Crippen LogP contribution in [0.1, 0.15) is 25.0 Å². The third kappa shape index (κ3) is 4.34. The number of imide groups is 1. The molecule has 0 atom stereocenters. The summed E-state index contributed by atoms with van der Waals surface area (Å²) in [5.74, 6) is -1.30. The summed E-state index contributed by atoms with van der Waals surface area (Å²) in [5, 5.41) is 3.59. The number of carbonyl (C=O) groups is 2. The Morgan fingerprint density at radius 2 is 1.64 bits per heavy atom. The Bertz CT molecular complexity index is 1270. The molecule has 0 spiro atoms. The third-order valence-corrected chi connectivity index (χ3v) is 5.63. The summed E-state index contributed by atoms with van der Waals surface area (Å²) in [5.41, 5.74) is 1.88. The molecule has 0 saturated heterocycles. The van der Waals surface area contributed by atoms with E-state index in [0.717, 1.165) is 10.5 Å². The molecule has 1 heterocycles. The van der Waals surface area contributed by atoms with Crippen molar-refractivity contribution in [2.75, 3.05) is 10.2 Å². The first-order valence-corrected chi connectivity index (χ1v) is 10.8. The molecule has 3 aromatic rings. The van der Waals surface area contributed by atoms with Crippen molar-refractivity contribution in [2.24, 2.45) is 0 Å². The zero-order valence-corrected chi connectivity index (χ0v) is 19.1. The molecule has 3 aromatic carbocycles. The molecule has 0 fully saturated rings. The quantitative estimate of drug-likeness (QED) is 0.456. The topological polar surface area (TPSA) is 58.6 Å². The zero-order chi connectivity index (χ0) is 23.7. The van der Waals surface area contributed by atoms with Gasteiger partial charge in [-0.2, -0.15) is 0 Å². The number of carbonyl (C=O) groups excluding carboxylic acids is 2. The summed E-state index contributed by atoms with van der Waals surface area (Å²) in [4.78, 5) is 27.7. The van der Waals surface area contributed by atoms with Crippen molar-refractivity contribution in [1.82, 2.24) is 0 Å². The van der Waals surface area contributed by atoms with Crippen LogP contribution >= 0.6 is 11.6 Å². The van der Waals surface area contributed by atoms with E-state index >= 15 is 0 Å². The zero-order valence-electron chi connectivity index (χ0n) is 18.4. The molecule has 5 nitrogen and oxygen atoms in total. The molecule has 0 saturated carbocycles. The van der Waals surface area contributed by atoms with E-state index in [1.165, 1.54) is 18.2 Å². The maximum absolute atomic E-state index is 14.5. The molecule has 7 heteroatoms. The van der Waals surface area contributed by atoms with Gasteiger partial charge in [-0.25, -0.2) is 9.29 Å². The number of halogens is 2. The van der Waals surface area contributed by atoms with Gasteiger partial charge in [0.2, 0.25) is 0 Å². The highest BCUT2D eigenvalue weighted by Crippen LogP contribution is 2.36. The minimum atomic E-state index is -0.667. The number of rotatable bonds is 6. The van der Waals surface area contributed by atoms with E-state index in [1.54, 1.807) is 55.5 Å². The molecule has 0 aromatic heterocycles.